The van der Waals surface area contributed by atoms with Crippen LogP contribution in [0.3, 0.4) is 0 Å². The summed E-state index contributed by atoms with van der Waals surface area (Å²) in [6.07, 6.45) is 11.5. The highest BCUT2D eigenvalue weighted by Gasteiger charge is 2.43. The van der Waals surface area contributed by atoms with Gasteiger partial charge in [-0.15, -0.1) is 10.2 Å². The molecule has 2 saturated carbocycles. The van der Waals surface area contributed by atoms with Crippen LogP contribution in [0.4, 0.5) is 0 Å². The van der Waals surface area contributed by atoms with Crippen molar-refractivity contribution in [3.63, 3.8) is 0 Å². The van der Waals surface area contributed by atoms with Gasteiger partial charge in [0.2, 0.25) is 0 Å². The molecule has 2 unspecified atom stereocenters. The number of rotatable bonds is 2. The van der Waals surface area contributed by atoms with Crippen molar-refractivity contribution in [3.05, 3.63) is 41.7 Å². The molecule has 2 atom stereocenters. The quantitative estimate of drug-likeness (QED) is 0.849. The lowest BCUT2D eigenvalue weighted by atomic mass is 9.68. The summed E-state index contributed by atoms with van der Waals surface area (Å²) in [5.41, 5.74) is 1.23. The van der Waals surface area contributed by atoms with Crippen LogP contribution >= 0.6 is 0 Å². The Kier molecular flexibility index (Phi) is 2.49. The topological polar surface area (TPSA) is 43.6 Å². The van der Waals surface area contributed by atoms with Gasteiger partial charge in [0.05, 0.1) is 0 Å². The lowest BCUT2D eigenvalue weighted by molar-refractivity contribution is 0.149. The minimum atomic E-state index is 0.651. The van der Waals surface area contributed by atoms with Crippen molar-refractivity contribution in [1.82, 2.24) is 19.7 Å². The average molecular weight is 280 g/mol. The second kappa shape index (κ2) is 4.39. The van der Waals surface area contributed by atoms with E-state index in [1.807, 2.05) is 18.5 Å². The molecule has 0 N–H and O–H groups in total. The first-order chi connectivity index (χ1) is 10.4. The van der Waals surface area contributed by atoms with Crippen LogP contribution in [-0.2, 0) is 6.42 Å². The Morgan fingerprint density at radius 1 is 1.05 bits per heavy atom. The van der Waals surface area contributed by atoms with E-state index >= 15 is 0 Å². The Morgan fingerprint density at radius 3 is 2.67 bits per heavy atom. The van der Waals surface area contributed by atoms with Gasteiger partial charge in [0.15, 0.2) is 0 Å². The zero-order valence-corrected chi connectivity index (χ0v) is 12.2. The molecule has 4 aliphatic rings. The summed E-state index contributed by atoms with van der Waals surface area (Å²) in [6, 6.07) is 4.79. The first-order valence-electron chi connectivity index (χ1n) is 8.19. The number of hydrogen-bond acceptors (Lipinski definition) is 3. The maximum absolute atomic E-state index is 4.60. The fourth-order valence-corrected chi connectivity index (χ4v) is 5.06. The third-order valence-corrected chi connectivity index (χ3v) is 5.72. The predicted molar refractivity (Wildman–Crippen MR) is 78.9 cm³/mol. The van der Waals surface area contributed by atoms with E-state index in [9.17, 15) is 0 Å². The molecule has 0 saturated heterocycles. The summed E-state index contributed by atoms with van der Waals surface area (Å²) in [6.45, 7) is 0. The molecular weight excluding hydrogens is 260 g/mol. The van der Waals surface area contributed by atoms with Gasteiger partial charge in [0, 0.05) is 30.8 Å². The minimum absolute atomic E-state index is 0.651. The summed E-state index contributed by atoms with van der Waals surface area (Å²) < 4.78 is 2.51. The van der Waals surface area contributed by atoms with Gasteiger partial charge in [-0.2, -0.15) is 0 Å². The third kappa shape index (κ3) is 1.84. The van der Waals surface area contributed by atoms with Gasteiger partial charge in [0.25, 0.3) is 0 Å². The molecule has 0 spiro atoms. The number of hydrogen-bond donors (Lipinski definition) is 0. The van der Waals surface area contributed by atoms with Crippen molar-refractivity contribution in [3.8, 4) is 0 Å². The van der Waals surface area contributed by atoms with E-state index in [0.29, 0.717) is 12.0 Å². The van der Waals surface area contributed by atoms with Gasteiger partial charge in [-0.1, -0.05) is 6.07 Å². The third-order valence-electron chi connectivity index (χ3n) is 5.72. The summed E-state index contributed by atoms with van der Waals surface area (Å²) in [5.74, 6) is 4.96. The van der Waals surface area contributed by atoms with E-state index in [2.05, 4.69) is 25.8 Å². The predicted octanol–water partition coefficient (Wildman–Crippen LogP) is 3.11. The van der Waals surface area contributed by atoms with Gasteiger partial charge >= 0.3 is 0 Å². The summed E-state index contributed by atoms with van der Waals surface area (Å²) in [7, 11) is 0. The molecule has 2 aliphatic heterocycles. The van der Waals surface area contributed by atoms with Crippen molar-refractivity contribution >= 4 is 0 Å². The average Bonchev–Trinajstić information content (AvgIpc) is 2.83. The van der Waals surface area contributed by atoms with Crippen LogP contribution in [0.15, 0.2) is 24.5 Å². The number of pyridine rings is 1. The monoisotopic (exact) mass is 280 g/mol. The Bertz CT molecular complexity index is 649. The molecule has 2 fully saturated rings. The molecule has 4 heterocycles. The first kappa shape index (κ1) is 11.9. The first-order valence-corrected chi connectivity index (χ1v) is 8.19. The van der Waals surface area contributed by atoms with Crippen molar-refractivity contribution in [2.24, 2.45) is 11.8 Å². The molecule has 4 nitrogen and oxygen atoms in total. The SMILES string of the molecule is c1cncc(Cc2nnc3n2C2CC4CC(CC3C4)C2)c1. The Morgan fingerprint density at radius 2 is 1.90 bits per heavy atom. The lowest BCUT2D eigenvalue weighted by Crippen LogP contribution is -2.27. The van der Waals surface area contributed by atoms with Crippen molar-refractivity contribution < 1.29 is 0 Å². The standard InChI is InChI=1S/C17H20N4/c1-2-11(10-18-3-1)9-16-19-20-17-14-5-12-4-13(6-14)8-15(7-12)21(16)17/h1-3,10,12-15H,4-9H2. The van der Waals surface area contributed by atoms with Crippen LogP contribution in [0.25, 0.3) is 0 Å². The van der Waals surface area contributed by atoms with E-state index in [4.69, 9.17) is 0 Å². The van der Waals surface area contributed by atoms with Gasteiger partial charge in [-0.25, -0.2) is 0 Å². The zero-order valence-electron chi connectivity index (χ0n) is 12.2. The molecule has 2 aromatic rings. The highest BCUT2D eigenvalue weighted by Crippen LogP contribution is 2.53. The number of aromatic nitrogens is 4. The Labute approximate surface area is 124 Å². The molecule has 0 amide bonds. The van der Waals surface area contributed by atoms with Crippen LogP contribution < -0.4 is 0 Å². The molecule has 21 heavy (non-hydrogen) atoms. The molecule has 4 heteroatoms. The minimum Gasteiger partial charge on any atom is -0.311 e. The molecule has 0 aromatic carbocycles. The van der Waals surface area contributed by atoms with E-state index in [-0.39, 0.29) is 0 Å². The molecule has 0 radical (unpaired) electrons. The fourth-order valence-electron chi connectivity index (χ4n) is 5.06. The van der Waals surface area contributed by atoms with Crippen LogP contribution in [0, 0.1) is 11.8 Å². The zero-order chi connectivity index (χ0) is 13.8. The molecule has 2 aliphatic carbocycles. The summed E-state index contributed by atoms with van der Waals surface area (Å²) in [4.78, 5) is 4.22. The van der Waals surface area contributed by atoms with Crippen LogP contribution in [0.1, 0.15) is 61.3 Å². The van der Waals surface area contributed by atoms with Crippen LogP contribution in [0.5, 0.6) is 0 Å². The smallest absolute Gasteiger partial charge is 0.137 e. The second-order valence-electron chi connectivity index (χ2n) is 7.14. The molecule has 4 bridgehead atoms. The van der Waals surface area contributed by atoms with Gasteiger partial charge < -0.3 is 4.57 Å². The van der Waals surface area contributed by atoms with E-state index < -0.39 is 0 Å². The Balaban J connectivity index is 1.56. The maximum atomic E-state index is 4.60. The lowest BCUT2D eigenvalue weighted by Gasteiger charge is -2.38. The van der Waals surface area contributed by atoms with Crippen molar-refractivity contribution in [1.29, 1.82) is 0 Å². The highest BCUT2D eigenvalue weighted by atomic mass is 15.3. The molecule has 6 rings (SSSR count). The van der Waals surface area contributed by atoms with E-state index in [1.165, 1.54) is 43.5 Å². The number of nitrogens with zero attached hydrogens (tertiary/aromatic N) is 4. The molecule has 2 aromatic heterocycles. The van der Waals surface area contributed by atoms with Crippen molar-refractivity contribution in [2.75, 3.05) is 0 Å². The maximum Gasteiger partial charge on any atom is 0.137 e. The normalized spacial score (nSPS) is 33.0. The Hall–Kier alpha value is -1.71. The fraction of sp³-hybridized carbons (Fsp3) is 0.588. The van der Waals surface area contributed by atoms with Crippen LogP contribution in [-0.4, -0.2) is 19.7 Å². The molecular formula is C17H20N4. The molecule has 108 valence electrons. The van der Waals surface area contributed by atoms with Crippen molar-refractivity contribution in [2.45, 2.75) is 50.5 Å². The van der Waals surface area contributed by atoms with Crippen LogP contribution in [0.2, 0.25) is 0 Å². The van der Waals surface area contributed by atoms with E-state index in [1.54, 1.807) is 0 Å². The second-order valence-corrected chi connectivity index (χ2v) is 7.14. The summed E-state index contributed by atoms with van der Waals surface area (Å²) in [5, 5.41) is 9.15. The highest BCUT2D eigenvalue weighted by molar-refractivity contribution is 5.19. The van der Waals surface area contributed by atoms with E-state index in [0.717, 1.165) is 24.1 Å². The largest absolute Gasteiger partial charge is 0.311 e. The summed E-state index contributed by atoms with van der Waals surface area (Å²) >= 11 is 0. The van der Waals surface area contributed by atoms with Gasteiger partial charge in [0.1, 0.15) is 11.6 Å². The van der Waals surface area contributed by atoms with Gasteiger partial charge in [-0.3, -0.25) is 4.98 Å². The van der Waals surface area contributed by atoms with Gasteiger partial charge in [-0.05, 0) is 55.6 Å².